The second-order valence-corrected chi connectivity index (χ2v) is 6.10. The van der Waals surface area contributed by atoms with Crippen molar-refractivity contribution in [1.29, 1.82) is 0 Å². The Morgan fingerprint density at radius 1 is 0.964 bits per heavy atom. The number of hydrogen-bond acceptors (Lipinski definition) is 7. The minimum Gasteiger partial charge on any atom is -0.493 e. The van der Waals surface area contributed by atoms with Crippen molar-refractivity contribution in [3.63, 3.8) is 0 Å². The number of aromatic nitrogens is 2. The summed E-state index contributed by atoms with van der Waals surface area (Å²) in [6, 6.07) is 8.96. The molecule has 0 aliphatic rings. The first kappa shape index (κ1) is 19.2. The lowest BCUT2D eigenvalue weighted by molar-refractivity contribution is 0.102. The van der Waals surface area contributed by atoms with Crippen molar-refractivity contribution in [3.8, 4) is 28.7 Å². The number of nitrogens with zero attached hydrogens (tertiary/aromatic N) is 2. The molecule has 3 aromatic rings. The van der Waals surface area contributed by atoms with Crippen LogP contribution in [0.5, 0.6) is 17.2 Å². The van der Waals surface area contributed by atoms with Crippen LogP contribution in [0.4, 0.5) is 6.01 Å². The third-order valence-corrected chi connectivity index (χ3v) is 4.18. The minimum absolute atomic E-state index is 0.00581. The van der Waals surface area contributed by atoms with Gasteiger partial charge >= 0.3 is 6.01 Å². The van der Waals surface area contributed by atoms with Crippen LogP contribution < -0.4 is 19.5 Å². The SMILES string of the molecule is COc1cc(C(=O)Nc2nnc(-c3ccc(C)cc3C)o2)cc(OC)c1OC. The molecule has 1 amide bonds. The molecule has 28 heavy (non-hydrogen) atoms. The maximum absolute atomic E-state index is 12.6. The van der Waals surface area contributed by atoms with Crippen molar-refractivity contribution in [1.82, 2.24) is 10.2 Å². The van der Waals surface area contributed by atoms with Crippen LogP contribution in [0.3, 0.4) is 0 Å². The summed E-state index contributed by atoms with van der Waals surface area (Å²) in [5.74, 6) is 1.02. The Hall–Kier alpha value is -3.55. The lowest BCUT2D eigenvalue weighted by Crippen LogP contribution is -2.13. The molecule has 0 spiro atoms. The van der Waals surface area contributed by atoms with Crippen LogP contribution in [0, 0.1) is 13.8 Å². The van der Waals surface area contributed by atoms with Gasteiger partial charge in [0, 0.05) is 11.1 Å². The fourth-order valence-corrected chi connectivity index (χ4v) is 2.82. The molecule has 1 heterocycles. The van der Waals surface area contributed by atoms with Gasteiger partial charge in [-0.2, -0.15) is 0 Å². The smallest absolute Gasteiger partial charge is 0.322 e. The molecule has 1 aromatic heterocycles. The second kappa shape index (κ2) is 7.99. The fraction of sp³-hybridized carbons (Fsp3) is 0.250. The van der Waals surface area contributed by atoms with Gasteiger partial charge in [0.1, 0.15) is 0 Å². The highest BCUT2D eigenvalue weighted by Crippen LogP contribution is 2.38. The second-order valence-electron chi connectivity index (χ2n) is 6.10. The van der Waals surface area contributed by atoms with Crippen LogP contribution in [-0.2, 0) is 0 Å². The highest BCUT2D eigenvalue weighted by atomic mass is 16.5. The van der Waals surface area contributed by atoms with Crippen LogP contribution in [0.1, 0.15) is 21.5 Å². The predicted octanol–water partition coefficient (Wildman–Crippen LogP) is 3.63. The minimum atomic E-state index is -0.449. The van der Waals surface area contributed by atoms with Gasteiger partial charge < -0.3 is 18.6 Å². The normalized spacial score (nSPS) is 10.5. The van der Waals surface area contributed by atoms with E-state index in [0.29, 0.717) is 28.7 Å². The molecule has 0 radical (unpaired) electrons. The number of carbonyl (C=O) groups is 1. The Bertz CT molecular complexity index is 988. The molecule has 146 valence electrons. The number of amides is 1. The molecular weight excluding hydrogens is 362 g/mol. The van der Waals surface area contributed by atoms with E-state index in [-0.39, 0.29) is 6.01 Å². The summed E-state index contributed by atoms with van der Waals surface area (Å²) in [6.07, 6.45) is 0. The number of methoxy groups -OCH3 is 3. The van der Waals surface area contributed by atoms with E-state index in [0.717, 1.165) is 16.7 Å². The summed E-state index contributed by atoms with van der Waals surface area (Å²) in [5, 5.41) is 10.5. The van der Waals surface area contributed by atoms with Gasteiger partial charge in [-0.15, -0.1) is 5.10 Å². The highest BCUT2D eigenvalue weighted by Gasteiger charge is 2.19. The molecule has 0 saturated heterocycles. The first-order chi connectivity index (χ1) is 13.5. The third-order valence-electron chi connectivity index (χ3n) is 4.18. The van der Waals surface area contributed by atoms with E-state index < -0.39 is 5.91 Å². The highest BCUT2D eigenvalue weighted by molar-refractivity contribution is 6.04. The number of aryl methyl sites for hydroxylation is 2. The number of benzene rings is 2. The van der Waals surface area contributed by atoms with Crippen molar-refractivity contribution in [2.45, 2.75) is 13.8 Å². The molecule has 8 nitrogen and oxygen atoms in total. The molecule has 0 aliphatic carbocycles. The molecule has 0 bridgehead atoms. The van der Waals surface area contributed by atoms with Gasteiger partial charge in [-0.3, -0.25) is 10.1 Å². The van der Waals surface area contributed by atoms with Gasteiger partial charge in [0.25, 0.3) is 5.91 Å². The quantitative estimate of drug-likeness (QED) is 0.694. The van der Waals surface area contributed by atoms with Crippen LogP contribution in [0.25, 0.3) is 11.5 Å². The summed E-state index contributed by atoms with van der Waals surface area (Å²) in [7, 11) is 4.45. The van der Waals surface area contributed by atoms with E-state index in [1.165, 1.54) is 33.5 Å². The molecule has 0 aliphatic heterocycles. The summed E-state index contributed by atoms with van der Waals surface area (Å²) in [4.78, 5) is 12.6. The maximum atomic E-state index is 12.6. The fourth-order valence-electron chi connectivity index (χ4n) is 2.82. The standard InChI is InChI=1S/C20H21N3O5/c1-11-6-7-14(12(2)8-11)19-22-23-20(28-19)21-18(24)13-9-15(25-3)17(27-5)16(10-13)26-4/h6-10H,1-5H3,(H,21,23,24). The van der Waals surface area contributed by atoms with Crippen LogP contribution in [-0.4, -0.2) is 37.4 Å². The molecule has 0 fully saturated rings. The van der Waals surface area contributed by atoms with Crippen molar-refractivity contribution in [2.24, 2.45) is 0 Å². The third kappa shape index (κ3) is 3.75. The number of carbonyl (C=O) groups excluding carboxylic acids is 1. The zero-order valence-corrected chi connectivity index (χ0v) is 16.3. The van der Waals surface area contributed by atoms with E-state index in [2.05, 4.69) is 15.5 Å². The van der Waals surface area contributed by atoms with Gasteiger partial charge in [-0.05, 0) is 37.6 Å². The summed E-state index contributed by atoms with van der Waals surface area (Å²) < 4.78 is 21.4. The van der Waals surface area contributed by atoms with Crippen LogP contribution in [0.2, 0.25) is 0 Å². The summed E-state index contributed by atoms with van der Waals surface area (Å²) >= 11 is 0. The van der Waals surface area contributed by atoms with Crippen molar-refractivity contribution in [3.05, 3.63) is 47.0 Å². The molecular formula is C20H21N3O5. The average molecular weight is 383 g/mol. The lowest BCUT2D eigenvalue weighted by atomic mass is 10.1. The van der Waals surface area contributed by atoms with Gasteiger partial charge in [-0.1, -0.05) is 22.8 Å². The number of rotatable bonds is 6. The monoisotopic (exact) mass is 383 g/mol. The van der Waals surface area contributed by atoms with E-state index >= 15 is 0 Å². The molecule has 3 rings (SSSR count). The summed E-state index contributed by atoms with van der Waals surface area (Å²) in [6.45, 7) is 3.97. The molecule has 0 atom stereocenters. The van der Waals surface area contributed by atoms with E-state index in [1.807, 2.05) is 32.0 Å². The first-order valence-electron chi connectivity index (χ1n) is 8.49. The Morgan fingerprint density at radius 2 is 1.64 bits per heavy atom. The lowest BCUT2D eigenvalue weighted by Gasteiger charge is -2.13. The zero-order valence-electron chi connectivity index (χ0n) is 16.3. The Morgan fingerprint density at radius 3 is 2.21 bits per heavy atom. The van der Waals surface area contributed by atoms with Crippen molar-refractivity contribution >= 4 is 11.9 Å². The van der Waals surface area contributed by atoms with E-state index in [1.54, 1.807) is 0 Å². The zero-order chi connectivity index (χ0) is 20.3. The van der Waals surface area contributed by atoms with Crippen LogP contribution in [0.15, 0.2) is 34.7 Å². The van der Waals surface area contributed by atoms with E-state index in [9.17, 15) is 4.79 Å². The number of ether oxygens (including phenoxy) is 3. The molecule has 1 N–H and O–H groups in total. The maximum Gasteiger partial charge on any atom is 0.322 e. The number of hydrogen-bond donors (Lipinski definition) is 1. The number of nitrogens with one attached hydrogen (secondary N) is 1. The molecule has 0 unspecified atom stereocenters. The molecule has 0 saturated carbocycles. The average Bonchev–Trinajstić information content (AvgIpc) is 3.14. The number of anilines is 1. The Labute approximate surface area is 162 Å². The van der Waals surface area contributed by atoms with E-state index in [4.69, 9.17) is 18.6 Å². The van der Waals surface area contributed by atoms with Gasteiger partial charge in [0.2, 0.25) is 11.6 Å². The topological polar surface area (TPSA) is 95.7 Å². The predicted molar refractivity (Wildman–Crippen MR) is 103 cm³/mol. The molecule has 2 aromatic carbocycles. The van der Waals surface area contributed by atoms with Gasteiger partial charge in [-0.25, -0.2) is 0 Å². The van der Waals surface area contributed by atoms with Crippen LogP contribution >= 0.6 is 0 Å². The Kier molecular flexibility index (Phi) is 5.49. The largest absolute Gasteiger partial charge is 0.493 e. The molecule has 8 heteroatoms. The van der Waals surface area contributed by atoms with Crippen molar-refractivity contribution in [2.75, 3.05) is 26.6 Å². The Balaban J connectivity index is 1.85. The van der Waals surface area contributed by atoms with Crippen molar-refractivity contribution < 1.29 is 23.4 Å². The van der Waals surface area contributed by atoms with Gasteiger partial charge in [0.05, 0.1) is 21.3 Å². The first-order valence-corrected chi connectivity index (χ1v) is 8.49. The summed E-state index contributed by atoms with van der Waals surface area (Å²) in [5.41, 5.74) is 3.25. The van der Waals surface area contributed by atoms with Gasteiger partial charge in [0.15, 0.2) is 11.5 Å².